The van der Waals surface area contributed by atoms with Crippen LogP contribution in [-0.2, 0) is 6.54 Å². The van der Waals surface area contributed by atoms with Gasteiger partial charge in [-0.05, 0) is 42.4 Å². The maximum Gasteiger partial charge on any atom is 0.136 e. The fourth-order valence-electron chi connectivity index (χ4n) is 2.44. The van der Waals surface area contributed by atoms with Gasteiger partial charge in [0.1, 0.15) is 5.82 Å². The van der Waals surface area contributed by atoms with Crippen LogP contribution in [0.4, 0.5) is 4.39 Å². The SMILES string of the molecule is CC(C)c1ccc2c(ccn2CC2CC2)c1F. The van der Waals surface area contributed by atoms with E-state index < -0.39 is 0 Å². The molecule has 0 aliphatic heterocycles. The van der Waals surface area contributed by atoms with Crippen molar-refractivity contribution in [2.24, 2.45) is 5.92 Å². The third kappa shape index (κ3) is 1.86. The van der Waals surface area contributed by atoms with Gasteiger partial charge in [0.05, 0.1) is 5.52 Å². The van der Waals surface area contributed by atoms with Crippen molar-refractivity contribution in [3.05, 3.63) is 35.8 Å². The first-order valence-electron chi connectivity index (χ1n) is 6.44. The fraction of sp³-hybridized carbons (Fsp3) is 0.467. The van der Waals surface area contributed by atoms with E-state index in [9.17, 15) is 4.39 Å². The van der Waals surface area contributed by atoms with Crippen molar-refractivity contribution in [1.29, 1.82) is 0 Å². The molecule has 0 spiro atoms. The van der Waals surface area contributed by atoms with E-state index in [0.29, 0.717) is 0 Å². The first kappa shape index (κ1) is 10.8. The lowest BCUT2D eigenvalue weighted by atomic mass is 10.0. The summed E-state index contributed by atoms with van der Waals surface area (Å²) in [5.74, 6) is 1.02. The number of aromatic nitrogens is 1. The number of rotatable bonds is 3. The van der Waals surface area contributed by atoms with Crippen molar-refractivity contribution >= 4 is 10.9 Å². The number of nitrogens with zero attached hydrogens (tertiary/aromatic N) is 1. The summed E-state index contributed by atoms with van der Waals surface area (Å²) >= 11 is 0. The Labute approximate surface area is 101 Å². The lowest BCUT2D eigenvalue weighted by Gasteiger charge is -2.09. The topological polar surface area (TPSA) is 4.93 Å². The van der Waals surface area contributed by atoms with Crippen LogP contribution in [0, 0.1) is 11.7 Å². The summed E-state index contributed by atoms with van der Waals surface area (Å²) in [6.07, 6.45) is 4.68. The highest BCUT2D eigenvalue weighted by molar-refractivity contribution is 5.81. The molecular weight excluding hydrogens is 213 g/mol. The number of fused-ring (bicyclic) bond motifs is 1. The highest BCUT2D eigenvalue weighted by Gasteiger charge is 2.22. The maximum absolute atomic E-state index is 14.3. The molecule has 0 N–H and O–H groups in total. The van der Waals surface area contributed by atoms with Crippen molar-refractivity contribution in [1.82, 2.24) is 4.57 Å². The van der Waals surface area contributed by atoms with Crippen LogP contribution in [0.3, 0.4) is 0 Å². The number of hydrogen-bond donors (Lipinski definition) is 0. The number of benzene rings is 1. The van der Waals surface area contributed by atoms with Crippen LogP contribution in [0.2, 0.25) is 0 Å². The molecule has 0 unspecified atom stereocenters. The second kappa shape index (κ2) is 3.86. The number of hydrogen-bond acceptors (Lipinski definition) is 0. The van der Waals surface area contributed by atoms with Gasteiger partial charge >= 0.3 is 0 Å². The van der Waals surface area contributed by atoms with Gasteiger partial charge in [0.25, 0.3) is 0 Å². The highest BCUT2D eigenvalue weighted by atomic mass is 19.1. The molecule has 0 radical (unpaired) electrons. The van der Waals surface area contributed by atoms with Gasteiger partial charge in [-0.15, -0.1) is 0 Å². The Morgan fingerprint density at radius 3 is 2.71 bits per heavy atom. The normalized spacial score (nSPS) is 16.0. The molecule has 1 aromatic carbocycles. The van der Waals surface area contributed by atoms with Gasteiger partial charge in [-0.1, -0.05) is 19.9 Å². The Hall–Kier alpha value is -1.31. The van der Waals surface area contributed by atoms with E-state index in [1.54, 1.807) is 0 Å². The molecule has 1 aliphatic rings. The summed E-state index contributed by atoms with van der Waals surface area (Å²) in [5.41, 5.74) is 1.86. The van der Waals surface area contributed by atoms with E-state index in [0.717, 1.165) is 28.9 Å². The molecule has 1 saturated carbocycles. The van der Waals surface area contributed by atoms with Crippen LogP contribution in [0.5, 0.6) is 0 Å². The molecule has 90 valence electrons. The quantitative estimate of drug-likeness (QED) is 0.741. The molecule has 0 bridgehead atoms. The minimum Gasteiger partial charge on any atom is -0.347 e. The van der Waals surface area contributed by atoms with Crippen molar-refractivity contribution < 1.29 is 4.39 Å². The fourth-order valence-corrected chi connectivity index (χ4v) is 2.44. The third-order valence-electron chi connectivity index (χ3n) is 3.69. The Morgan fingerprint density at radius 1 is 1.29 bits per heavy atom. The summed E-state index contributed by atoms with van der Waals surface area (Å²) in [5, 5.41) is 0.775. The maximum atomic E-state index is 14.3. The van der Waals surface area contributed by atoms with E-state index in [1.165, 1.54) is 12.8 Å². The van der Waals surface area contributed by atoms with Crippen LogP contribution in [0.1, 0.15) is 38.2 Å². The molecule has 0 saturated heterocycles. The molecule has 0 amide bonds. The average Bonchev–Trinajstić information content (AvgIpc) is 2.99. The molecule has 1 nitrogen and oxygen atoms in total. The summed E-state index contributed by atoms with van der Waals surface area (Å²) in [6.45, 7) is 5.11. The average molecular weight is 231 g/mol. The predicted molar refractivity (Wildman–Crippen MR) is 68.7 cm³/mol. The van der Waals surface area contributed by atoms with Crippen LogP contribution in [0.15, 0.2) is 24.4 Å². The van der Waals surface area contributed by atoms with Gasteiger partial charge in [0.15, 0.2) is 0 Å². The molecule has 1 heterocycles. The van der Waals surface area contributed by atoms with Crippen LogP contribution >= 0.6 is 0 Å². The second-order valence-corrected chi connectivity index (χ2v) is 5.47. The molecule has 2 aromatic rings. The van der Waals surface area contributed by atoms with Crippen molar-refractivity contribution in [3.63, 3.8) is 0 Å². The van der Waals surface area contributed by atoms with Gasteiger partial charge in [0.2, 0.25) is 0 Å². The summed E-state index contributed by atoms with van der Waals surface area (Å²) in [4.78, 5) is 0. The summed E-state index contributed by atoms with van der Waals surface area (Å²) in [7, 11) is 0. The Bertz CT molecular complexity index is 549. The van der Waals surface area contributed by atoms with E-state index in [1.807, 2.05) is 32.2 Å². The largest absolute Gasteiger partial charge is 0.347 e. The zero-order valence-electron chi connectivity index (χ0n) is 10.4. The zero-order chi connectivity index (χ0) is 12.0. The van der Waals surface area contributed by atoms with E-state index in [-0.39, 0.29) is 11.7 Å². The Kier molecular flexibility index (Phi) is 2.46. The highest BCUT2D eigenvalue weighted by Crippen LogP contribution is 2.33. The lowest BCUT2D eigenvalue weighted by molar-refractivity contribution is 0.608. The molecule has 3 rings (SSSR count). The summed E-state index contributed by atoms with van der Waals surface area (Å²) < 4.78 is 16.5. The zero-order valence-corrected chi connectivity index (χ0v) is 10.4. The van der Waals surface area contributed by atoms with Crippen LogP contribution in [0.25, 0.3) is 10.9 Å². The predicted octanol–water partition coefficient (Wildman–Crippen LogP) is 4.31. The third-order valence-corrected chi connectivity index (χ3v) is 3.69. The molecule has 2 heteroatoms. The van der Waals surface area contributed by atoms with E-state index >= 15 is 0 Å². The molecule has 1 fully saturated rings. The molecule has 1 aliphatic carbocycles. The minimum absolute atomic E-state index is 0.0351. The van der Waals surface area contributed by atoms with Crippen molar-refractivity contribution in [3.8, 4) is 0 Å². The van der Waals surface area contributed by atoms with Crippen LogP contribution in [-0.4, -0.2) is 4.57 Å². The number of halogens is 1. The first-order valence-corrected chi connectivity index (χ1v) is 6.44. The van der Waals surface area contributed by atoms with E-state index in [2.05, 4.69) is 10.6 Å². The first-order chi connectivity index (χ1) is 8.16. The van der Waals surface area contributed by atoms with Gasteiger partial charge in [0, 0.05) is 18.1 Å². The van der Waals surface area contributed by atoms with Crippen LogP contribution < -0.4 is 0 Å². The van der Waals surface area contributed by atoms with Gasteiger partial charge in [-0.2, -0.15) is 0 Å². The Balaban J connectivity index is 2.08. The van der Waals surface area contributed by atoms with E-state index in [4.69, 9.17) is 0 Å². The van der Waals surface area contributed by atoms with Gasteiger partial charge < -0.3 is 4.57 Å². The molecule has 17 heavy (non-hydrogen) atoms. The molecular formula is C15H18FN. The summed E-state index contributed by atoms with van der Waals surface area (Å²) in [6, 6.07) is 5.92. The molecule has 0 atom stereocenters. The smallest absolute Gasteiger partial charge is 0.136 e. The standard InChI is InChI=1S/C15H18FN/c1-10(2)12-5-6-14-13(15(12)16)7-8-17(14)9-11-3-4-11/h5-8,10-11H,3-4,9H2,1-2H3. The lowest BCUT2D eigenvalue weighted by Crippen LogP contribution is -1.99. The van der Waals surface area contributed by atoms with Gasteiger partial charge in [-0.25, -0.2) is 4.39 Å². The minimum atomic E-state index is -0.0351. The second-order valence-electron chi connectivity index (χ2n) is 5.47. The van der Waals surface area contributed by atoms with Crippen molar-refractivity contribution in [2.45, 2.75) is 39.2 Å². The Morgan fingerprint density at radius 2 is 2.06 bits per heavy atom. The van der Waals surface area contributed by atoms with Crippen molar-refractivity contribution in [2.75, 3.05) is 0 Å². The molecule has 1 aromatic heterocycles. The monoisotopic (exact) mass is 231 g/mol. The van der Waals surface area contributed by atoms with Gasteiger partial charge in [-0.3, -0.25) is 0 Å².